The monoisotopic (exact) mass is 490 g/mol. The molecule has 13 heteroatoms. The molecule has 1 aromatic rings. The van der Waals surface area contributed by atoms with Crippen molar-refractivity contribution in [2.45, 2.75) is 57.2 Å². The normalized spacial score (nSPS) is 21.7. The van der Waals surface area contributed by atoms with Crippen LogP contribution in [0, 0.1) is 5.39 Å². The van der Waals surface area contributed by atoms with E-state index in [2.05, 4.69) is 20.9 Å². The first-order valence-corrected chi connectivity index (χ1v) is 11.9. The predicted octanol–water partition coefficient (Wildman–Crippen LogP) is 1.24. The molecule has 0 saturated carbocycles. The summed E-state index contributed by atoms with van der Waals surface area (Å²) in [6, 6.07) is 0.539. The zero-order valence-corrected chi connectivity index (χ0v) is 19.6. The minimum atomic E-state index is -0.990. The topological polar surface area (TPSA) is 159 Å². The second kappa shape index (κ2) is 11.5. The number of amides is 5. The number of thiophene rings is 1. The molecule has 3 heterocycles. The lowest BCUT2D eigenvalue weighted by atomic mass is 10.1. The SMILES string of the molecule is C[C@H](NC(=O)[C@@H]1CCCN2C(=O)CC[C@H](NC(=O)NCCc3cccs3)C(=O)N12)/C(O)=C/[N+]#N. The van der Waals surface area contributed by atoms with Crippen LogP contribution in [0.25, 0.3) is 4.98 Å². The molecule has 3 atom stereocenters. The van der Waals surface area contributed by atoms with Gasteiger partial charge in [-0.05, 0) is 44.1 Å². The van der Waals surface area contributed by atoms with Gasteiger partial charge in [0, 0.05) is 24.4 Å². The highest BCUT2D eigenvalue weighted by atomic mass is 32.1. The van der Waals surface area contributed by atoms with Gasteiger partial charge >= 0.3 is 12.2 Å². The Balaban J connectivity index is 1.67. The second-order valence-electron chi connectivity index (χ2n) is 8.08. The second-order valence-corrected chi connectivity index (χ2v) is 9.11. The van der Waals surface area contributed by atoms with Crippen LogP contribution in [-0.2, 0) is 20.8 Å². The molecule has 34 heavy (non-hydrogen) atoms. The van der Waals surface area contributed by atoms with Crippen molar-refractivity contribution in [2.24, 2.45) is 0 Å². The number of aliphatic hydroxyl groups is 1. The van der Waals surface area contributed by atoms with E-state index in [-0.39, 0.29) is 31.1 Å². The molecule has 12 nitrogen and oxygen atoms in total. The zero-order valence-electron chi connectivity index (χ0n) is 18.8. The summed E-state index contributed by atoms with van der Waals surface area (Å²) in [5.41, 5.74) is 0. The quantitative estimate of drug-likeness (QED) is 0.332. The highest BCUT2D eigenvalue weighted by Crippen LogP contribution is 2.25. The average Bonchev–Trinajstić information content (AvgIpc) is 3.30. The minimum absolute atomic E-state index is 0.0503. The Morgan fingerprint density at radius 2 is 2.18 bits per heavy atom. The first-order valence-electron chi connectivity index (χ1n) is 11.1. The maximum absolute atomic E-state index is 13.4. The number of hydrogen-bond donors (Lipinski definition) is 4. The third-order valence-corrected chi connectivity index (χ3v) is 6.64. The Kier molecular flexibility index (Phi) is 8.42. The lowest BCUT2D eigenvalue weighted by molar-refractivity contribution is -0.176. The van der Waals surface area contributed by atoms with E-state index in [9.17, 15) is 24.3 Å². The lowest BCUT2D eigenvalue weighted by Crippen LogP contribution is -2.64. The summed E-state index contributed by atoms with van der Waals surface area (Å²) in [7, 11) is 0. The molecule has 0 spiro atoms. The minimum Gasteiger partial charge on any atom is -0.504 e. The van der Waals surface area contributed by atoms with Gasteiger partial charge in [-0.25, -0.2) is 9.80 Å². The number of carbonyl (C=O) groups excluding carboxylic acids is 4. The molecule has 2 fully saturated rings. The van der Waals surface area contributed by atoms with E-state index in [1.54, 1.807) is 11.3 Å². The number of urea groups is 1. The molecule has 0 aromatic carbocycles. The number of fused-ring (bicyclic) bond motifs is 1. The van der Waals surface area contributed by atoms with Gasteiger partial charge in [-0.1, -0.05) is 6.07 Å². The van der Waals surface area contributed by atoms with Gasteiger partial charge in [-0.3, -0.25) is 19.4 Å². The highest BCUT2D eigenvalue weighted by Gasteiger charge is 2.44. The summed E-state index contributed by atoms with van der Waals surface area (Å²) in [6.45, 7) is 2.16. The number of hydrogen-bond acceptors (Lipinski definition) is 7. The first kappa shape index (κ1) is 25.0. The van der Waals surface area contributed by atoms with E-state index in [1.165, 1.54) is 11.9 Å². The largest absolute Gasteiger partial charge is 0.504 e. The molecule has 3 rings (SSSR count). The molecule has 2 aliphatic heterocycles. The van der Waals surface area contributed by atoms with E-state index >= 15 is 0 Å². The van der Waals surface area contributed by atoms with Crippen molar-refractivity contribution in [1.29, 1.82) is 5.39 Å². The van der Waals surface area contributed by atoms with Gasteiger partial charge in [0.15, 0.2) is 4.98 Å². The van der Waals surface area contributed by atoms with Gasteiger partial charge in [0.1, 0.15) is 12.1 Å². The zero-order chi connectivity index (χ0) is 24.7. The Morgan fingerprint density at radius 1 is 1.38 bits per heavy atom. The Labute approximate surface area is 200 Å². The van der Waals surface area contributed by atoms with E-state index in [1.807, 2.05) is 17.5 Å². The van der Waals surface area contributed by atoms with Crippen molar-refractivity contribution in [3.05, 3.63) is 39.3 Å². The first-order chi connectivity index (χ1) is 16.3. The Hall–Kier alpha value is -3.66. The highest BCUT2D eigenvalue weighted by molar-refractivity contribution is 7.09. The standard InChI is InChI=1S/C21H27N7O5S/c1-13(17(29)12-24-22)25-19(31)16-5-2-10-27-18(30)7-6-15(20(32)28(16)27)26-21(33)23-9-8-14-4-3-11-34-14/h3-4,11-13,15-16H,2,5-10H2,1H3,(H3-,23,25,26,29,31,33)/p+1/b17-12-/t13-,15-,16-/m0/s1. The third kappa shape index (κ3) is 6.02. The van der Waals surface area contributed by atoms with Gasteiger partial charge in [0.25, 0.3) is 5.91 Å². The van der Waals surface area contributed by atoms with Crippen LogP contribution in [0.5, 0.6) is 0 Å². The van der Waals surface area contributed by atoms with E-state index in [0.717, 1.165) is 16.1 Å². The van der Waals surface area contributed by atoms with Gasteiger partial charge in [-0.15, -0.1) is 11.3 Å². The van der Waals surface area contributed by atoms with Gasteiger partial charge in [0.2, 0.25) is 23.0 Å². The lowest BCUT2D eigenvalue weighted by Gasteiger charge is -2.43. The summed E-state index contributed by atoms with van der Waals surface area (Å²) >= 11 is 1.59. The number of diazo groups is 1. The van der Waals surface area contributed by atoms with Crippen LogP contribution in [0.1, 0.15) is 37.5 Å². The molecule has 0 radical (unpaired) electrons. The molecule has 1 aromatic heterocycles. The van der Waals surface area contributed by atoms with Crippen LogP contribution in [-0.4, -0.2) is 70.1 Å². The maximum Gasteiger partial charge on any atom is 0.389 e. The number of nitrogens with one attached hydrogen (secondary N) is 3. The van der Waals surface area contributed by atoms with Crippen LogP contribution < -0.4 is 16.0 Å². The predicted molar refractivity (Wildman–Crippen MR) is 123 cm³/mol. The third-order valence-electron chi connectivity index (χ3n) is 5.70. The summed E-state index contributed by atoms with van der Waals surface area (Å²) in [4.78, 5) is 55.3. The van der Waals surface area contributed by atoms with Crippen molar-refractivity contribution in [2.75, 3.05) is 13.1 Å². The number of rotatable bonds is 7. The fraction of sp³-hybridized carbons (Fsp3) is 0.524. The Morgan fingerprint density at radius 3 is 2.88 bits per heavy atom. The Bertz CT molecular complexity index is 990. The maximum atomic E-state index is 13.4. The average molecular weight is 491 g/mol. The number of aliphatic hydroxyl groups excluding tert-OH is 1. The molecule has 0 unspecified atom stereocenters. The van der Waals surface area contributed by atoms with E-state index in [0.29, 0.717) is 25.8 Å². The van der Waals surface area contributed by atoms with Crippen molar-refractivity contribution in [3.63, 3.8) is 0 Å². The van der Waals surface area contributed by atoms with Crippen molar-refractivity contribution in [1.82, 2.24) is 26.0 Å². The fourth-order valence-electron chi connectivity index (χ4n) is 3.92. The van der Waals surface area contributed by atoms with Gasteiger partial charge in [0.05, 0.1) is 6.04 Å². The van der Waals surface area contributed by atoms with Crippen molar-refractivity contribution >= 4 is 35.1 Å². The van der Waals surface area contributed by atoms with Crippen LogP contribution in [0.3, 0.4) is 0 Å². The summed E-state index contributed by atoms with van der Waals surface area (Å²) in [6.07, 6.45) is 2.44. The molecule has 0 aliphatic carbocycles. The molecule has 0 bridgehead atoms. The molecule has 182 valence electrons. The molecular formula is C21H28N7O5S+. The van der Waals surface area contributed by atoms with Gasteiger partial charge < -0.3 is 21.1 Å². The fourth-order valence-corrected chi connectivity index (χ4v) is 4.63. The van der Waals surface area contributed by atoms with Crippen molar-refractivity contribution in [3.8, 4) is 0 Å². The molecule has 4 N–H and O–H groups in total. The van der Waals surface area contributed by atoms with Gasteiger partial charge in [-0.2, -0.15) is 0 Å². The summed E-state index contributed by atoms with van der Waals surface area (Å²) in [5, 5.41) is 30.6. The van der Waals surface area contributed by atoms with Crippen molar-refractivity contribution < 1.29 is 24.3 Å². The van der Waals surface area contributed by atoms with Crippen LogP contribution in [0.2, 0.25) is 0 Å². The number of nitrogens with zero attached hydrogens (tertiary/aromatic N) is 4. The summed E-state index contributed by atoms with van der Waals surface area (Å²) in [5.74, 6) is -1.79. The van der Waals surface area contributed by atoms with Crippen LogP contribution >= 0.6 is 11.3 Å². The molecule has 2 saturated heterocycles. The molecule has 5 amide bonds. The van der Waals surface area contributed by atoms with Crippen LogP contribution in [0.4, 0.5) is 4.79 Å². The smallest absolute Gasteiger partial charge is 0.389 e. The van der Waals surface area contributed by atoms with Crippen LogP contribution in [0.15, 0.2) is 29.5 Å². The summed E-state index contributed by atoms with van der Waals surface area (Å²) < 4.78 is 0. The molecular weight excluding hydrogens is 462 g/mol. The number of carbonyl (C=O) groups is 4. The van der Waals surface area contributed by atoms with E-state index < -0.39 is 36.0 Å². The molecule has 2 aliphatic rings. The number of hydrazine groups is 1. The van der Waals surface area contributed by atoms with E-state index in [4.69, 9.17) is 5.39 Å².